The van der Waals surface area contributed by atoms with Gasteiger partial charge in [-0.05, 0) is 13.0 Å². The molecule has 0 amide bonds. The van der Waals surface area contributed by atoms with E-state index in [2.05, 4.69) is 29.2 Å². The summed E-state index contributed by atoms with van der Waals surface area (Å²) >= 11 is 3.27. The van der Waals surface area contributed by atoms with Crippen LogP contribution in [0.2, 0.25) is 0 Å². The van der Waals surface area contributed by atoms with Crippen LogP contribution in [0, 0.1) is 5.92 Å². The Labute approximate surface area is 145 Å². The molecule has 0 saturated carbocycles. The summed E-state index contributed by atoms with van der Waals surface area (Å²) < 4.78 is 5.43. The quantitative estimate of drug-likeness (QED) is 0.800. The Morgan fingerprint density at radius 3 is 2.43 bits per heavy atom. The first-order chi connectivity index (χ1) is 10.9. The number of hydrogen-bond acceptors (Lipinski definition) is 6. The van der Waals surface area contributed by atoms with Crippen molar-refractivity contribution >= 4 is 28.7 Å². The molecule has 0 aromatic carbocycles. The van der Waals surface area contributed by atoms with Crippen molar-refractivity contribution in [3.63, 3.8) is 0 Å². The average molecular weight is 353 g/mol. The van der Waals surface area contributed by atoms with Gasteiger partial charge < -0.3 is 9.84 Å². The lowest BCUT2D eigenvalue weighted by Gasteiger charge is -2.21. The number of aliphatic hydroxyl groups is 1. The van der Waals surface area contributed by atoms with Gasteiger partial charge in [0.25, 0.3) is 0 Å². The minimum Gasteiger partial charge on any atom is -0.393 e. The molecule has 6 heteroatoms. The van der Waals surface area contributed by atoms with Crippen LogP contribution in [0.4, 0.5) is 0 Å². The third-order valence-corrected chi connectivity index (χ3v) is 5.79. The molecule has 2 rings (SSSR count). The minimum atomic E-state index is -0.417. The van der Waals surface area contributed by atoms with Crippen LogP contribution >= 0.6 is 22.7 Å². The highest BCUT2D eigenvalue weighted by Gasteiger charge is 2.18. The van der Waals surface area contributed by atoms with Crippen LogP contribution in [0.3, 0.4) is 0 Å². The molecular formula is C17H24N2O2S2. The molecule has 0 aliphatic heterocycles. The molecule has 2 aromatic rings. The second-order valence-corrected chi connectivity index (χ2v) is 7.71. The number of aromatic nitrogens is 2. The zero-order valence-electron chi connectivity index (χ0n) is 14.2. The number of ether oxygens (including phenoxy) is 1. The lowest BCUT2D eigenvalue weighted by atomic mass is 9.98. The molecule has 0 fully saturated rings. The second kappa shape index (κ2) is 8.15. The molecule has 3 atom stereocenters. The summed E-state index contributed by atoms with van der Waals surface area (Å²) in [6.07, 6.45) is 3.35. The van der Waals surface area contributed by atoms with Crippen LogP contribution < -0.4 is 0 Å². The molecule has 4 nitrogen and oxygen atoms in total. The summed E-state index contributed by atoms with van der Waals surface area (Å²) in [7, 11) is 1.66. The maximum atomic E-state index is 9.68. The van der Waals surface area contributed by atoms with Crippen molar-refractivity contribution in [2.24, 2.45) is 5.92 Å². The number of methoxy groups -OCH3 is 1. The fourth-order valence-electron chi connectivity index (χ4n) is 2.07. The SMILES string of the molecule is CO[C@@H](/C=C/c1csc(-c2csc(C(C)C)n2)n1)[C@@H](C)C(C)O. The van der Waals surface area contributed by atoms with Crippen LogP contribution in [0.1, 0.15) is 44.3 Å². The van der Waals surface area contributed by atoms with Gasteiger partial charge in [-0.15, -0.1) is 22.7 Å². The molecule has 126 valence electrons. The average Bonchev–Trinajstić information content (AvgIpc) is 3.16. The van der Waals surface area contributed by atoms with Crippen molar-refractivity contribution in [1.82, 2.24) is 9.97 Å². The van der Waals surface area contributed by atoms with E-state index in [0.717, 1.165) is 21.4 Å². The molecule has 0 aliphatic carbocycles. The Morgan fingerprint density at radius 1 is 1.13 bits per heavy atom. The summed E-state index contributed by atoms with van der Waals surface area (Å²) in [6, 6.07) is 0. The maximum absolute atomic E-state index is 9.68. The Kier molecular flexibility index (Phi) is 6.47. The summed E-state index contributed by atoms with van der Waals surface area (Å²) in [4.78, 5) is 9.26. The molecule has 2 aromatic heterocycles. The predicted molar refractivity (Wildman–Crippen MR) is 98.0 cm³/mol. The first-order valence-corrected chi connectivity index (χ1v) is 9.48. The van der Waals surface area contributed by atoms with Crippen LogP contribution in [-0.4, -0.2) is 34.4 Å². The van der Waals surface area contributed by atoms with Crippen molar-refractivity contribution in [3.05, 3.63) is 27.5 Å². The Bertz CT molecular complexity index is 647. The molecule has 0 aliphatic rings. The van der Waals surface area contributed by atoms with Gasteiger partial charge in [-0.25, -0.2) is 9.97 Å². The molecule has 1 unspecified atom stereocenters. The normalized spacial score (nSPS) is 16.1. The number of hydrogen-bond donors (Lipinski definition) is 1. The van der Waals surface area contributed by atoms with E-state index in [4.69, 9.17) is 4.74 Å². The second-order valence-electron chi connectivity index (χ2n) is 5.96. The highest BCUT2D eigenvalue weighted by molar-refractivity contribution is 7.14. The number of aliphatic hydroxyl groups excluding tert-OH is 1. The molecule has 0 bridgehead atoms. The van der Waals surface area contributed by atoms with Gasteiger partial charge in [-0.1, -0.05) is 26.8 Å². The van der Waals surface area contributed by atoms with E-state index in [0.29, 0.717) is 5.92 Å². The van der Waals surface area contributed by atoms with Crippen molar-refractivity contribution in [2.45, 2.75) is 45.8 Å². The van der Waals surface area contributed by atoms with E-state index < -0.39 is 6.10 Å². The molecule has 0 saturated heterocycles. The van der Waals surface area contributed by atoms with Gasteiger partial charge >= 0.3 is 0 Å². The molecule has 1 N–H and O–H groups in total. The Hall–Kier alpha value is -1.08. The Balaban J connectivity index is 2.10. The first kappa shape index (κ1) is 18.3. The van der Waals surface area contributed by atoms with Crippen molar-refractivity contribution in [2.75, 3.05) is 7.11 Å². The number of rotatable bonds is 7. The zero-order chi connectivity index (χ0) is 17.0. The molecule has 0 radical (unpaired) electrons. The van der Waals surface area contributed by atoms with Crippen LogP contribution in [0.25, 0.3) is 16.8 Å². The van der Waals surface area contributed by atoms with Gasteiger partial charge in [0, 0.05) is 29.7 Å². The lowest BCUT2D eigenvalue weighted by Crippen LogP contribution is -2.27. The van der Waals surface area contributed by atoms with Crippen LogP contribution in [-0.2, 0) is 4.74 Å². The molecule has 2 heterocycles. The summed E-state index contributed by atoms with van der Waals surface area (Å²) in [6.45, 7) is 8.04. The smallest absolute Gasteiger partial charge is 0.143 e. The van der Waals surface area contributed by atoms with E-state index in [9.17, 15) is 5.11 Å². The third-order valence-electron chi connectivity index (χ3n) is 3.76. The minimum absolute atomic E-state index is 0.0292. The van der Waals surface area contributed by atoms with Gasteiger partial charge in [-0.2, -0.15) is 0 Å². The summed E-state index contributed by atoms with van der Waals surface area (Å²) in [5, 5.41) is 15.8. The van der Waals surface area contributed by atoms with E-state index in [-0.39, 0.29) is 12.0 Å². The lowest BCUT2D eigenvalue weighted by molar-refractivity contribution is 0.0285. The van der Waals surface area contributed by atoms with Crippen molar-refractivity contribution in [3.8, 4) is 10.7 Å². The van der Waals surface area contributed by atoms with E-state index in [1.165, 1.54) is 0 Å². The topological polar surface area (TPSA) is 55.2 Å². The number of nitrogens with zero attached hydrogens (tertiary/aromatic N) is 2. The van der Waals surface area contributed by atoms with Gasteiger partial charge in [-0.3, -0.25) is 0 Å². The van der Waals surface area contributed by atoms with E-state index >= 15 is 0 Å². The van der Waals surface area contributed by atoms with E-state index in [1.54, 1.807) is 36.7 Å². The van der Waals surface area contributed by atoms with Crippen LogP contribution in [0.15, 0.2) is 16.8 Å². The molecular weight excluding hydrogens is 328 g/mol. The highest BCUT2D eigenvalue weighted by atomic mass is 32.1. The largest absolute Gasteiger partial charge is 0.393 e. The standard InChI is InChI=1S/C17H24N2O2S2/c1-10(2)16-19-14(9-23-16)17-18-13(8-22-17)6-7-15(21-5)11(3)12(4)20/h6-12,15,20H,1-5H3/b7-6+/t11-,12?,15-/m0/s1. The van der Waals surface area contributed by atoms with Gasteiger partial charge in [0.05, 0.1) is 22.9 Å². The van der Waals surface area contributed by atoms with Crippen molar-refractivity contribution in [1.29, 1.82) is 0 Å². The summed E-state index contributed by atoms with van der Waals surface area (Å²) in [5.74, 6) is 0.471. The van der Waals surface area contributed by atoms with Crippen LogP contribution in [0.5, 0.6) is 0 Å². The fourth-order valence-corrected chi connectivity index (χ4v) is 3.71. The highest BCUT2D eigenvalue weighted by Crippen LogP contribution is 2.28. The number of thiazole rings is 2. The van der Waals surface area contributed by atoms with Gasteiger partial charge in [0.1, 0.15) is 10.7 Å². The fraction of sp³-hybridized carbons (Fsp3) is 0.529. The maximum Gasteiger partial charge on any atom is 0.143 e. The summed E-state index contributed by atoms with van der Waals surface area (Å²) in [5.41, 5.74) is 1.84. The predicted octanol–water partition coefficient (Wildman–Crippen LogP) is 4.44. The van der Waals surface area contributed by atoms with Gasteiger partial charge in [0.2, 0.25) is 0 Å². The molecule has 0 spiro atoms. The zero-order valence-corrected chi connectivity index (χ0v) is 15.8. The Morgan fingerprint density at radius 2 is 1.87 bits per heavy atom. The van der Waals surface area contributed by atoms with Crippen molar-refractivity contribution < 1.29 is 9.84 Å². The van der Waals surface area contributed by atoms with Gasteiger partial charge in [0.15, 0.2) is 0 Å². The molecule has 23 heavy (non-hydrogen) atoms. The third kappa shape index (κ3) is 4.70. The van der Waals surface area contributed by atoms with E-state index in [1.807, 2.05) is 24.5 Å². The first-order valence-electron chi connectivity index (χ1n) is 7.72. The monoisotopic (exact) mass is 352 g/mol.